The van der Waals surface area contributed by atoms with Gasteiger partial charge in [0.05, 0.1) is 22.6 Å². The summed E-state index contributed by atoms with van der Waals surface area (Å²) in [4.78, 5) is 26.4. The molecule has 29 heavy (non-hydrogen) atoms. The Bertz CT molecular complexity index is 1060. The molecule has 0 aliphatic carbocycles. The average Bonchev–Trinajstić information content (AvgIpc) is 3.00. The van der Waals surface area contributed by atoms with E-state index in [1.807, 2.05) is 6.07 Å². The van der Waals surface area contributed by atoms with Gasteiger partial charge in [-0.15, -0.1) is 0 Å². The molecule has 0 aliphatic rings. The minimum absolute atomic E-state index is 0.0922. The molecule has 0 fully saturated rings. The van der Waals surface area contributed by atoms with Gasteiger partial charge >= 0.3 is 0 Å². The molecule has 0 aliphatic heterocycles. The Morgan fingerprint density at radius 1 is 1.10 bits per heavy atom. The number of benzene rings is 2. The van der Waals surface area contributed by atoms with Crippen molar-refractivity contribution in [1.82, 2.24) is 20.0 Å². The summed E-state index contributed by atoms with van der Waals surface area (Å²) in [5, 5.41) is 7.32. The smallest absolute Gasteiger partial charge is 0.255 e. The van der Waals surface area contributed by atoms with Crippen LogP contribution >= 0.6 is 0 Å². The third-order valence-corrected chi connectivity index (χ3v) is 4.62. The quantitative estimate of drug-likeness (QED) is 0.722. The molecule has 2 aromatic carbocycles. The molecule has 3 rings (SSSR count). The van der Waals surface area contributed by atoms with Crippen LogP contribution in [0.4, 0.5) is 4.39 Å². The Balaban J connectivity index is 1.77. The van der Waals surface area contributed by atoms with Gasteiger partial charge in [-0.05, 0) is 55.8 Å². The van der Waals surface area contributed by atoms with Crippen molar-refractivity contribution in [2.24, 2.45) is 0 Å². The average molecular weight is 394 g/mol. The van der Waals surface area contributed by atoms with Crippen LogP contribution in [-0.4, -0.2) is 40.6 Å². The van der Waals surface area contributed by atoms with E-state index in [0.717, 1.165) is 5.56 Å². The van der Waals surface area contributed by atoms with Crippen LogP contribution < -0.4 is 5.32 Å². The van der Waals surface area contributed by atoms with Gasteiger partial charge in [0.25, 0.3) is 11.8 Å². The fourth-order valence-electron chi connectivity index (χ4n) is 3.15. The highest BCUT2D eigenvalue weighted by atomic mass is 19.1. The largest absolute Gasteiger partial charge is 0.348 e. The summed E-state index contributed by atoms with van der Waals surface area (Å²) in [6, 6.07) is 13.1. The summed E-state index contributed by atoms with van der Waals surface area (Å²) >= 11 is 0. The number of aryl methyl sites for hydroxylation is 1. The first kappa shape index (κ1) is 20.3. The zero-order valence-electron chi connectivity index (χ0n) is 16.9. The fourth-order valence-corrected chi connectivity index (χ4v) is 3.15. The van der Waals surface area contributed by atoms with E-state index in [1.54, 1.807) is 63.0 Å². The maximum absolute atomic E-state index is 13.2. The third kappa shape index (κ3) is 4.34. The van der Waals surface area contributed by atoms with Crippen LogP contribution in [0.2, 0.25) is 0 Å². The van der Waals surface area contributed by atoms with Gasteiger partial charge in [0.1, 0.15) is 5.82 Å². The molecule has 0 unspecified atom stereocenters. The number of rotatable bonds is 5. The van der Waals surface area contributed by atoms with Gasteiger partial charge in [0.15, 0.2) is 0 Å². The maximum Gasteiger partial charge on any atom is 0.255 e. The Morgan fingerprint density at radius 3 is 2.45 bits per heavy atom. The normalized spacial score (nSPS) is 10.7. The van der Waals surface area contributed by atoms with E-state index in [0.29, 0.717) is 28.2 Å². The molecule has 0 atom stereocenters. The molecule has 0 saturated carbocycles. The fraction of sp³-hybridized carbons (Fsp3) is 0.227. The van der Waals surface area contributed by atoms with Crippen LogP contribution in [0.5, 0.6) is 0 Å². The molecule has 0 spiro atoms. The van der Waals surface area contributed by atoms with Gasteiger partial charge in [0, 0.05) is 26.2 Å². The molecule has 1 N–H and O–H groups in total. The van der Waals surface area contributed by atoms with E-state index in [-0.39, 0.29) is 24.2 Å². The molecule has 2 amide bonds. The van der Waals surface area contributed by atoms with Gasteiger partial charge in [-0.3, -0.25) is 9.59 Å². The lowest BCUT2D eigenvalue weighted by Gasteiger charge is -2.11. The summed E-state index contributed by atoms with van der Waals surface area (Å²) in [5.74, 6) is -0.675. The Kier molecular flexibility index (Phi) is 5.77. The number of aromatic nitrogens is 2. The number of nitrogens with zero attached hydrogens (tertiary/aromatic N) is 3. The number of hydrogen-bond donors (Lipinski definition) is 1. The molecule has 1 aromatic heterocycles. The number of carbonyl (C=O) groups excluding carboxylic acids is 2. The predicted molar refractivity (Wildman–Crippen MR) is 109 cm³/mol. The number of amides is 2. The molecule has 7 heteroatoms. The monoisotopic (exact) mass is 394 g/mol. The van der Waals surface area contributed by atoms with E-state index in [1.165, 1.54) is 17.0 Å². The van der Waals surface area contributed by atoms with Crippen LogP contribution in [0.15, 0.2) is 48.5 Å². The first-order valence-electron chi connectivity index (χ1n) is 9.19. The molecule has 0 radical (unpaired) electrons. The number of hydrogen-bond acceptors (Lipinski definition) is 3. The number of halogens is 1. The Morgan fingerprint density at radius 2 is 1.79 bits per heavy atom. The molecule has 0 saturated heterocycles. The zero-order chi connectivity index (χ0) is 21.1. The molecule has 6 nitrogen and oxygen atoms in total. The zero-order valence-corrected chi connectivity index (χ0v) is 16.9. The third-order valence-electron chi connectivity index (χ3n) is 4.62. The van der Waals surface area contributed by atoms with Crippen LogP contribution in [0.3, 0.4) is 0 Å². The minimum atomic E-state index is -0.330. The highest BCUT2D eigenvalue weighted by Crippen LogP contribution is 2.18. The second kappa shape index (κ2) is 8.26. The predicted octanol–water partition coefficient (Wildman–Crippen LogP) is 3.26. The lowest BCUT2D eigenvalue weighted by Crippen LogP contribution is -2.25. The SMILES string of the molecule is Cc1nn(-c2ccc(F)cc2)c(C)c1C(=O)NCc1cccc(C(=O)N(C)C)c1. The summed E-state index contributed by atoms with van der Waals surface area (Å²) < 4.78 is 14.8. The first-order chi connectivity index (χ1) is 13.8. The van der Waals surface area contributed by atoms with Crippen molar-refractivity contribution in [3.05, 3.63) is 82.4 Å². The van der Waals surface area contributed by atoms with Gasteiger partial charge in [-0.2, -0.15) is 5.10 Å². The second-order valence-electron chi connectivity index (χ2n) is 7.02. The molecular formula is C22H23FN4O2. The minimum Gasteiger partial charge on any atom is -0.348 e. The molecule has 150 valence electrons. The van der Waals surface area contributed by atoms with Crippen molar-refractivity contribution < 1.29 is 14.0 Å². The summed E-state index contributed by atoms with van der Waals surface area (Å²) in [7, 11) is 3.39. The topological polar surface area (TPSA) is 67.2 Å². The van der Waals surface area contributed by atoms with E-state index >= 15 is 0 Å². The van der Waals surface area contributed by atoms with Crippen molar-refractivity contribution in [2.75, 3.05) is 14.1 Å². The Labute approximate surface area is 169 Å². The maximum atomic E-state index is 13.2. The molecule has 3 aromatic rings. The lowest BCUT2D eigenvalue weighted by molar-refractivity contribution is 0.0827. The highest BCUT2D eigenvalue weighted by molar-refractivity contribution is 5.96. The summed E-state index contributed by atoms with van der Waals surface area (Å²) in [5.41, 5.74) is 3.81. The van der Waals surface area contributed by atoms with Crippen molar-refractivity contribution >= 4 is 11.8 Å². The van der Waals surface area contributed by atoms with Crippen LogP contribution in [-0.2, 0) is 6.54 Å². The summed E-state index contributed by atoms with van der Waals surface area (Å²) in [6.45, 7) is 3.85. The lowest BCUT2D eigenvalue weighted by atomic mass is 10.1. The Hall–Kier alpha value is -3.48. The van der Waals surface area contributed by atoms with Gasteiger partial charge in [0.2, 0.25) is 0 Å². The van der Waals surface area contributed by atoms with Crippen molar-refractivity contribution in [2.45, 2.75) is 20.4 Å². The molecular weight excluding hydrogens is 371 g/mol. The van der Waals surface area contributed by atoms with E-state index in [2.05, 4.69) is 10.4 Å². The second-order valence-corrected chi connectivity index (χ2v) is 7.02. The van der Waals surface area contributed by atoms with Crippen LogP contribution in [0.1, 0.15) is 37.7 Å². The van der Waals surface area contributed by atoms with Gasteiger partial charge < -0.3 is 10.2 Å². The van der Waals surface area contributed by atoms with Crippen molar-refractivity contribution in [1.29, 1.82) is 0 Å². The highest BCUT2D eigenvalue weighted by Gasteiger charge is 2.19. The summed E-state index contributed by atoms with van der Waals surface area (Å²) in [6.07, 6.45) is 0. The van der Waals surface area contributed by atoms with Crippen molar-refractivity contribution in [3.8, 4) is 5.69 Å². The van der Waals surface area contributed by atoms with E-state index < -0.39 is 0 Å². The first-order valence-corrected chi connectivity index (χ1v) is 9.19. The number of nitrogens with one attached hydrogen (secondary N) is 1. The standard InChI is InChI=1S/C22H23FN4O2/c1-14-20(15(2)27(25-14)19-10-8-18(23)9-11-19)21(28)24-13-16-6-5-7-17(12-16)22(29)26(3)4/h5-12H,13H2,1-4H3,(H,24,28). The van der Waals surface area contributed by atoms with Gasteiger partial charge in [-0.25, -0.2) is 9.07 Å². The van der Waals surface area contributed by atoms with Crippen LogP contribution in [0, 0.1) is 19.7 Å². The van der Waals surface area contributed by atoms with Gasteiger partial charge in [-0.1, -0.05) is 12.1 Å². The van der Waals surface area contributed by atoms with E-state index in [4.69, 9.17) is 0 Å². The van der Waals surface area contributed by atoms with Crippen LogP contribution in [0.25, 0.3) is 5.69 Å². The van der Waals surface area contributed by atoms with E-state index in [9.17, 15) is 14.0 Å². The number of carbonyl (C=O) groups is 2. The van der Waals surface area contributed by atoms with Crippen molar-refractivity contribution in [3.63, 3.8) is 0 Å². The molecule has 0 bridgehead atoms. The molecule has 1 heterocycles.